The maximum atomic E-state index is 11.3. The highest BCUT2D eigenvalue weighted by molar-refractivity contribution is 6.99. The Morgan fingerprint density at radius 2 is 1.54 bits per heavy atom. The van der Waals surface area contributed by atoms with Crippen molar-refractivity contribution >= 4 is 18.7 Å². The molecule has 0 spiro atoms. The van der Waals surface area contributed by atoms with Gasteiger partial charge < -0.3 is 28.5 Å². The Morgan fingerprint density at radius 1 is 0.913 bits per heavy atom. The van der Waals surface area contributed by atoms with Crippen molar-refractivity contribution in [3.05, 3.63) is 90.5 Å². The fourth-order valence-corrected chi connectivity index (χ4v) is 11.5. The zero-order valence-electron chi connectivity index (χ0n) is 28.2. The van der Waals surface area contributed by atoms with Crippen LogP contribution in [-0.2, 0) is 25.2 Å². The van der Waals surface area contributed by atoms with Gasteiger partial charge in [-0.25, -0.2) is 0 Å². The van der Waals surface area contributed by atoms with E-state index in [0.29, 0.717) is 19.6 Å². The number of benzene rings is 3. The highest BCUT2D eigenvalue weighted by atomic mass is 28.4. The van der Waals surface area contributed by atoms with Gasteiger partial charge in [0.05, 0.1) is 25.9 Å². The van der Waals surface area contributed by atoms with Gasteiger partial charge in [0.15, 0.2) is 5.79 Å². The number of hydrogen-bond donors (Lipinski definition) is 1. The Hall–Kier alpha value is -2.96. The van der Waals surface area contributed by atoms with Gasteiger partial charge in [-0.05, 0) is 72.6 Å². The van der Waals surface area contributed by atoms with Crippen molar-refractivity contribution in [2.75, 3.05) is 13.7 Å². The average Bonchev–Trinajstić information content (AvgIpc) is 3.63. The third kappa shape index (κ3) is 7.94. The van der Waals surface area contributed by atoms with Crippen molar-refractivity contribution in [1.82, 2.24) is 0 Å². The predicted molar refractivity (Wildman–Crippen MR) is 185 cm³/mol. The molecule has 6 nitrogen and oxygen atoms in total. The molecule has 46 heavy (non-hydrogen) atoms. The predicted octanol–water partition coefficient (Wildman–Crippen LogP) is 6.23. The Labute approximate surface area is 276 Å². The molecule has 0 radical (unpaired) electrons. The minimum Gasteiger partial charge on any atom is -0.497 e. The fourth-order valence-electron chi connectivity index (χ4n) is 6.93. The molecule has 5 atom stereocenters. The first-order valence-corrected chi connectivity index (χ1v) is 18.5. The van der Waals surface area contributed by atoms with Crippen LogP contribution in [0.15, 0.2) is 84.9 Å². The topological polar surface area (TPSA) is 66.4 Å². The molecule has 1 saturated carbocycles. The zero-order valence-corrected chi connectivity index (χ0v) is 29.2. The molecule has 3 aromatic carbocycles. The highest BCUT2D eigenvalue weighted by Crippen LogP contribution is 2.38. The molecule has 3 unspecified atom stereocenters. The van der Waals surface area contributed by atoms with Gasteiger partial charge in [-0.3, -0.25) is 0 Å². The van der Waals surface area contributed by atoms with Crippen molar-refractivity contribution < 1.29 is 28.5 Å². The molecule has 7 heteroatoms. The van der Waals surface area contributed by atoms with E-state index in [0.717, 1.165) is 30.6 Å². The summed E-state index contributed by atoms with van der Waals surface area (Å²) in [6, 6.07) is 29.2. The summed E-state index contributed by atoms with van der Waals surface area (Å²) in [6.45, 7) is 11.6. The van der Waals surface area contributed by atoms with E-state index < -0.39 is 26.3 Å². The second-order valence-corrected chi connectivity index (χ2v) is 18.2. The van der Waals surface area contributed by atoms with E-state index in [1.165, 1.54) is 10.4 Å². The van der Waals surface area contributed by atoms with Crippen molar-refractivity contribution in [3.8, 4) is 17.6 Å². The van der Waals surface area contributed by atoms with Gasteiger partial charge >= 0.3 is 0 Å². The molecule has 1 aliphatic carbocycles. The Balaban J connectivity index is 1.26. The van der Waals surface area contributed by atoms with Crippen LogP contribution in [-0.4, -0.2) is 57.3 Å². The van der Waals surface area contributed by atoms with Crippen LogP contribution in [0.4, 0.5) is 0 Å². The number of aliphatic hydroxyl groups is 1. The number of rotatable bonds is 11. The minimum atomic E-state index is -2.69. The second kappa shape index (κ2) is 14.9. The van der Waals surface area contributed by atoms with E-state index in [4.69, 9.17) is 23.4 Å². The number of methoxy groups -OCH3 is 1. The first-order chi connectivity index (χ1) is 22.0. The standard InChI is InChI=1S/C39H50O6Si/c1-38(2,3)46(32-15-9-7-10-16-32,33-17-11-8-12-18-33)43-27-26-36-37(45-39(4,5)44-36)34(40)25-22-30-14-13-19-35(30)42-28-29-20-23-31(41-6)24-21-29/h7-12,15-18,20-21,23-24,30,34-37,40H,13-14,19,26-28H2,1-6H3/t30-,34?,35+,36?,37?/m1/s1. The molecule has 1 heterocycles. The molecule has 1 aliphatic heterocycles. The van der Waals surface area contributed by atoms with Crippen LogP contribution in [0.1, 0.15) is 65.9 Å². The van der Waals surface area contributed by atoms with Crippen LogP contribution in [0.3, 0.4) is 0 Å². The molecule has 3 aromatic rings. The summed E-state index contributed by atoms with van der Waals surface area (Å²) in [5.41, 5.74) is 1.10. The summed E-state index contributed by atoms with van der Waals surface area (Å²) in [5, 5.41) is 13.7. The second-order valence-electron chi connectivity index (χ2n) is 13.9. The lowest BCUT2D eigenvalue weighted by Gasteiger charge is -2.43. The van der Waals surface area contributed by atoms with Crippen molar-refractivity contribution in [3.63, 3.8) is 0 Å². The molecular formula is C39H50O6Si. The molecule has 0 aromatic heterocycles. The van der Waals surface area contributed by atoms with Gasteiger partial charge in [0.25, 0.3) is 8.32 Å². The third-order valence-electron chi connectivity index (χ3n) is 9.16. The van der Waals surface area contributed by atoms with Crippen LogP contribution < -0.4 is 15.1 Å². The highest BCUT2D eigenvalue weighted by Gasteiger charge is 2.51. The summed E-state index contributed by atoms with van der Waals surface area (Å²) in [6.07, 6.45) is 1.67. The molecule has 0 amide bonds. The van der Waals surface area contributed by atoms with E-state index in [9.17, 15) is 5.11 Å². The Morgan fingerprint density at radius 3 is 2.13 bits per heavy atom. The molecule has 0 bridgehead atoms. The Bertz CT molecular complexity index is 1400. The van der Waals surface area contributed by atoms with Crippen LogP contribution in [0.25, 0.3) is 0 Å². The number of ether oxygens (including phenoxy) is 4. The van der Waals surface area contributed by atoms with Gasteiger partial charge in [-0.15, -0.1) is 0 Å². The van der Waals surface area contributed by atoms with Gasteiger partial charge in [0.1, 0.15) is 18.0 Å². The third-order valence-corrected chi connectivity index (χ3v) is 14.2. The molecule has 2 aliphatic rings. The van der Waals surface area contributed by atoms with Crippen LogP contribution in [0.2, 0.25) is 5.04 Å². The van der Waals surface area contributed by atoms with Crippen molar-refractivity contribution in [2.24, 2.45) is 5.92 Å². The summed E-state index contributed by atoms with van der Waals surface area (Å²) in [7, 11) is -1.03. The van der Waals surface area contributed by atoms with Gasteiger partial charge in [0, 0.05) is 12.5 Å². The fraction of sp³-hybridized carbons (Fsp3) is 0.487. The molecule has 246 valence electrons. The quantitative estimate of drug-likeness (QED) is 0.198. The lowest BCUT2D eigenvalue weighted by atomic mass is 10.0. The van der Waals surface area contributed by atoms with E-state index in [-0.39, 0.29) is 23.2 Å². The molecule has 2 fully saturated rings. The van der Waals surface area contributed by atoms with Crippen molar-refractivity contribution in [2.45, 2.75) is 102 Å². The van der Waals surface area contributed by atoms with E-state index in [2.05, 4.69) is 93.3 Å². The summed E-state index contributed by atoms with van der Waals surface area (Å²) < 4.78 is 31.2. The first-order valence-electron chi connectivity index (χ1n) is 16.6. The summed E-state index contributed by atoms with van der Waals surface area (Å²) in [5.74, 6) is 6.55. The molecule has 5 rings (SSSR count). The lowest BCUT2D eigenvalue weighted by molar-refractivity contribution is -0.152. The smallest absolute Gasteiger partial charge is 0.261 e. The van der Waals surface area contributed by atoms with E-state index >= 15 is 0 Å². The van der Waals surface area contributed by atoms with Crippen LogP contribution >= 0.6 is 0 Å². The minimum absolute atomic E-state index is 0.0367. The molecule has 1 saturated heterocycles. The average molecular weight is 643 g/mol. The number of aliphatic hydroxyl groups excluding tert-OH is 1. The normalized spacial score (nSPS) is 23.5. The maximum absolute atomic E-state index is 11.3. The van der Waals surface area contributed by atoms with Crippen LogP contribution in [0, 0.1) is 17.8 Å². The maximum Gasteiger partial charge on any atom is 0.261 e. The largest absolute Gasteiger partial charge is 0.497 e. The van der Waals surface area contributed by atoms with Gasteiger partial charge in [-0.2, -0.15) is 0 Å². The van der Waals surface area contributed by atoms with E-state index in [1.54, 1.807) is 7.11 Å². The van der Waals surface area contributed by atoms with Gasteiger partial charge in [-0.1, -0.05) is 105 Å². The zero-order chi connectivity index (χ0) is 32.8. The Kier molecular flexibility index (Phi) is 11.1. The molecular weight excluding hydrogens is 593 g/mol. The first kappa shape index (κ1) is 34.4. The SMILES string of the molecule is COc1ccc(CO[C@H]2CCC[C@@H]2C#CC(O)C2OC(C)(C)OC2CCO[Si](c2ccccc2)(c2ccccc2)C(C)(C)C)cc1. The summed E-state index contributed by atoms with van der Waals surface area (Å²) in [4.78, 5) is 0. The van der Waals surface area contributed by atoms with E-state index in [1.807, 2.05) is 38.1 Å². The number of hydrogen-bond acceptors (Lipinski definition) is 6. The lowest BCUT2D eigenvalue weighted by Crippen LogP contribution is -2.66. The van der Waals surface area contributed by atoms with Gasteiger partial charge in [0.2, 0.25) is 0 Å². The van der Waals surface area contributed by atoms with Crippen LogP contribution in [0.5, 0.6) is 5.75 Å². The van der Waals surface area contributed by atoms with Crippen molar-refractivity contribution in [1.29, 1.82) is 0 Å². The molecule has 1 N–H and O–H groups in total. The monoisotopic (exact) mass is 642 g/mol. The summed E-state index contributed by atoms with van der Waals surface area (Å²) >= 11 is 0.